The highest BCUT2D eigenvalue weighted by molar-refractivity contribution is 6.07. The number of allylic oxidation sites excluding steroid dienone is 2. The number of rotatable bonds is 2. The number of hydrogen-bond acceptors (Lipinski definition) is 2. The summed E-state index contributed by atoms with van der Waals surface area (Å²) in [5.41, 5.74) is 3.32. The fraction of sp³-hybridized carbons (Fsp3) is 0.333. The van der Waals surface area contributed by atoms with Crippen LogP contribution in [0.25, 0.3) is 0 Å². The van der Waals surface area contributed by atoms with Gasteiger partial charge in [-0.25, -0.2) is 0 Å². The molecule has 1 aromatic rings. The van der Waals surface area contributed by atoms with Gasteiger partial charge in [-0.1, -0.05) is 12.1 Å². The summed E-state index contributed by atoms with van der Waals surface area (Å²) in [4.78, 5) is 15.9. The third kappa shape index (κ3) is 2.08. The molecule has 14 heavy (non-hydrogen) atoms. The van der Waals surface area contributed by atoms with Gasteiger partial charge < -0.3 is 0 Å². The zero-order chi connectivity index (χ0) is 10.7. The number of aromatic nitrogens is 1. The Morgan fingerprint density at radius 3 is 2.57 bits per heavy atom. The van der Waals surface area contributed by atoms with Crippen LogP contribution in [-0.4, -0.2) is 10.8 Å². The minimum Gasteiger partial charge on any atom is -0.287 e. The van der Waals surface area contributed by atoms with E-state index < -0.39 is 0 Å². The zero-order valence-corrected chi connectivity index (χ0v) is 9.09. The standard InChI is InChI=1S/C12H15NO/c1-5-9(3)12(14)11-10(4)6-8(2)7-13-11/h5-7H,1-4H3/b9-5+. The molecule has 0 N–H and O–H groups in total. The number of ketones is 1. The summed E-state index contributed by atoms with van der Waals surface area (Å²) in [5, 5.41) is 0. The van der Waals surface area contributed by atoms with Gasteiger partial charge >= 0.3 is 0 Å². The highest BCUT2D eigenvalue weighted by Crippen LogP contribution is 2.11. The molecular weight excluding hydrogens is 174 g/mol. The number of aryl methyl sites for hydroxylation is 2. The van der Waals surface area contributed by atoms with Gasteiger partial charge in [0.15, 0.2) is 0 Å². The molecule has 1 rings (SSSR count). The Labute approximate surface area is 84.7 Å². The maximum atomic E-state index is 11.8. The summed E-state index contributed by atoms with van der Waals surface area (Å²) in [6, 6.07) is 1.98. The van der Waals surface area contributed by atoms with E-state index >= 15 is 0 Å². The average Bonchev–Trinajstić information content (AvgIpc) is 2.15. The van der Waals surface area contributed by atoms with Crippen molar-refractivity contribution >= 4 is 5.78 Å². The molecule has 0 aliphatic heterocycles. The van der Waals surface area contributed by atoms with Crippen molar-refractivity contribution in [2.45, 2.75) is 27.7 Å². The zero-order valence-electron chi connectivity index (χ0n) is 9.09. The Kier molecular flexibility index (Phi) is 3.18. The Balaban J connectivity index is 3.14. The van der Waals surface area contributed by atoms with E-state index in [1.54, 1.807) is 6.20 Å². The fourth-order valence-corrected chi connectivity index (χ4v) is 1.27. The Morgan fingerprint density at radius 1 is 1.43 bits per heavy atom. The molecule has 1 aromatic heterocycles. The van der Waals surface area contributed by atoms with Crippen LogP contribution in [0.5, 0.6) is 0 Å². The van der Waals surface area contributed by atoms with E-state index in [1.807, 2.05) is 39.8 Å². The summed E-state index contributed by atoms with van der Waals surface area (Å²) in [6.45, 7) is 7.55. The second-order valence-corrected chi connectivity index (χ2v) is 3.48. The molecule has 0 aliphatic carbocycles. The fourth-order valence-electron chi connectivity index (χ4n) is 1.27. The van der Waals surface area contributed by atoms with Crippen LogP contribution >= 0.6 is 0 Å². The molecule has 0 radical (unpaired) electrons. The van der Waals surface area contributed by atoms with E-state index in [0.29, 0.717) is 5.69 Å². The molecule has 0 aliphatic rings. The minimum atomic E-state index is 0.0185. The van der Waals surface area contributed by atoms with Crippen LogP contribution in [0.4, 0.5) is 0 Å². The lowest BCUT2D eigenvalue weighted by Crippen LogP contribution is -2.06. The van der Waals surface area contributed by atoms with Crippen LogP contribution in [0.2, 0.25) is 0 Å². The predicted octanol–water partition coefficient (Wildman–Crippen LogP) is 2.85. The van der Waals surface area contributed by atoms with Crippen LogP contribution in [0, 0.1) is 13.8 Å². The van der Waals surface area contributed by atoms with Gasteiger partial charge in [0, 0.05) is 6.20 Å². The van der Waals surface area contributed by atoms with Gasteiger partial charge in [-0.2, -0.15) is 0 Å². The average molecular weight is 189 g/mol. The molecule has 0 fully saturated rings. The summed E-state index contributed by atoms with van der Waals surface area (Å²) >= 11 is 0. The molecule has 0 saturated heterocycles. The molecule has 0 saturated carbocycles. The predicted molar refractivity (Wildman–Crippen MR) is 57.5 cm³/mol. The molecule has 0 unspecified atom stereocenters. The third-order valence-corrected chi connectivity index (χ3v) is 2.22. The molecule has 0 atom stereocenters. The second-order valence-electron chi connectivity index (χ2n) is 3.48. The normalized spacial score (nSPS) is 11.6. The Hall–Kier alpha value is -1.44. The van der Waals surface area contributed by atoms with E-state index in [-0.39, 0.29) is 5.78 Å². The first-order valence-corrected chi connectivity index (χ1v) is 4.67. The minimum absolute atomic E-state index is 0.0185. The van der Waals surface area contributed by atoms with Crippen molar-refractivity contribution in [1.29, 1.82) is 0 Å². The van der Waals surface area contributed by atoms with Crippen LogP contribution in [0.15, 0.2) is 23.9 Å². The largest absolute Gasteiger partial charge is 0.287 e. The van der Waals surface area contributed by atoms with Crippen molar-refractivity contribution < 1.29 is 4.79 Å². The van der Waals surface area contributed by atoms with Gasteiger partial charge in [0.2, 0.25) is 5.78 Å². The summed E-state index contributed by atoms with van der Waals surface area (Å²) in [6.07, 6.45) is 3.53. The second kappa shape index (κ2) is 4.18. The molecule has 1 heterocycles. The van der Waals surface area contributed by atoms with Crippen molar-refractivity contribution in [2.24, 2.45) is 0 Å². The number of Topliss-reactive ketones (excluding diaryl/α,β-unsaturated/α-hetero) is 1. The maximum Gasteiger partial charge on any atom is 0.206 e. The van der Waals surface area contributed by atoms with Crippen LogP contribution in [0.3, 0.4) is 0 Å². The molecule has 0 aromatic carbocycles. The van der Waals surface area contributed by atoms with E-state index in [4.69, 9.17) is 0 Å². The number of nitrogens with zero attached hydrogens (tertiary/aromatic N) is 1. The van der Waals surface area contributed by atoms with Crippen LogP contribution in [0.1, 0.15) is 35.5 Å². The highest BCUT2D eigenvalue weighted by atomic mass is 16.1. The molecule has 0 spiro atoms. The molecular formula is C12H15NO. The third-order valence-electron chi connectivity index (χ3n) is 2.22. The van der Waals surface area contributed by atoms with E-state index in [0.717, 1.165) is 16.7 Å². The van der Waals surface area contributed by atoms with Crippen molar-refractivity contribution in [2.75, 3.05) is 0 Å². The van der Waals surface area contributed by atoms with E-state index in [9.17, 15) is 4.79 Å². The quantitative estimate of drug-likeness (QED) is 0.529. The maximum absolute atomic E-state index is 11.8. The lowest BCUT2D eigenvalue weighted by atomic mass is 10.0. The molecule has 2 nitrogen and oxygen atoms in total. The Morgan fingerprint density at radius 2 is 2.07 bits per heavy atom. The van der Waals surface area contributed by atoms with Gasteiger partial charge in [0.05, 0.1) is 0 Å². The number of hydrogen-bond donors (Lipinski definition) is 0. The van der Waals surface area contributed by atoms with Crippen LogP contribution in [-0.2, 0) is 0 Å². The molecule has 2 heteroatoms. The van der Waals surface area contributed by atoms with E-state index in [2.05, 4.69) is 4.98 Å². The molecule has 0 amide bonds. The first kappa shape index (κ1) is 10.6. The number of carbonyl (C=O) groups is 1. The highest BCUT2D eigenvalue weighted by Gasteiger charge is 2.11. The number of pyridine rings is 1. The first-order chi connectivity index (χ1) is 6.56. The topological polar surface area (TPSA) is 30.0 Å². The molecule has 0 bridgehead atoms. The van der Waals surface area contributed by atoms with Gasteiger partial charge in [-0.3, -0.25) is 9.78 Å². The van der Waals surface area contributed by atoms with Gasteiger partial charge in [0.25, 0.3) is 0 Å². The van der Waals surface area contributed by atoms with Gasteiger partial charge in [-0.05, 0) is 44.4 Å². The smallest absolute Gasteiger partial charge is 0.206 e. The molecule has 74 valence electrons. The van der Waals surface area contributed by atoms with Crippen LogP contribution < -0.4 is 0 Å². The summed E-state index contributed by atoms with van der Waals surface area (Å²) in [5.74, 6) is 0.0185. The lowest BCUT2D eigenvalue weighted by molar-refractivity contribution is 0.102. The van der Waals surface area contributed by atoms with Crippen molar-refractivity contribution in [3.05, 3.63) is 40.7 Å². The van der Waals surface area contributed by atoms with Gasteiger partial charge in [-0.15, -0.1) is 0 Å². The van der Waals surface area contributed by atoms with Crippen molar-refractivity contribution in [1.82, 2.24) is 4.98 Å². The van der Waals surface area contributed by atoms with Gasteiger partial charge in [0.1, 0.15) is 5.69 Å². The monoisotopic (exact) mass is 189 g/mol. The van der Waals surface area contributed by atoms with Crippen molar-refractivity contribution in [3.8, 4) is 0 Å². The summed E-state index contributed by atoms with van der Waals surface area (Å²) in [7, 11) is 0. The lowest BCUT2D eigenvalue weighted by Gasteiger charge is -2.04. The SMILES string of the molecule is C/C=C(\C)C(=O)c1ncc(C)cc1C. The van der Waals surface area contributed by atoms with E-state index in [1.165, 1.54) is 0 Å². The van der Waals surface area contributed by atoms with Crippen molar-refractivity contribution in [3.63, 3.8) is 0 Å². The summed E-state index contributed by atoms with van der Waals surface area (Å²) < 4.78 is 0. The first-order valence-electron chi connectivity index (χ1n) is 4.67. The number of carbonyl (C=O) groups excluding carboxylic acids is 1. The Bertz CT molecular complexity index is 391.